The van der Waals surface area contributed by atoms with Gasteiger partial charge in [-0.1, -0.05) is 22.9 Å². The third-order valence-electron chi connectivity index (χ3n) is 3.68. The number of amides is 1. The molecule has 0 bridgehead atoms. The molecular weight excluding hydrogens is 415 g/mol. The molecule has 1 amide bonds. The topological polar surface area (TPSA) is 20.3 Å². The molecule has 2 nitrogen and oxygen atoms in total. The molecule has 1 fully saturated rings. The molecule has 2 unspecified atom stereocenters. The van der Waals surface area contributed by atoms with Crippen LogP contribution in [0.15, 0.2) is 22.7 Å². The summed E-state index contributed by atoms with van der Waals surface area (Å²) in [5, 5.41) is 0. The molecule has 116 valence electrons. The molecule has 0 aromatic heterocycles. The summed E-state index contributed by atoms with van der Waals surface area (Å²) < 4.78 is 38.7. The van der Waals surface area contributed by atoms with Gasteiger partial charge >= 0.3 is 6.18 Å². The number of likely N-dealkylation sites (tertiary alicyclic amines) is 1. The van der Waals surface area contributed by atoms with Crippen LogP contribution in [0.1, 0.15) is 29.3 Å². The number of halogens is 5. The van der Waals surface area contributed by atoms with E-state index >= 15 is 0 Å². The van der Waals surface area contributed by atoms with Crippen molar-refractivity contribution < 1.29 is 18.0 Å². The fourth-order valence-corrected chi connectivity index (χ4v) is 3.27. The van der Waals surface area contributed by atoms with E-state index in [0.717, 1.165) is 18.6 Å². The monoisotopic (exact) mass is 427 g/mol. The fourth-order valence-electron chi connectivity index (χ4n) is 2.24. The molecule has 1 saturated heterocycles. The molecule has 1 aliphatic heterocycles. The second-order valence-electron chi connectivity index (χ2n) is 5.23. The minimum absolute atomic E-state index is 0.0547. The zero-order valence-corrected chi connectivity index (χ0v) is 14.4. The normalized spacial score (nSPS) is 23.2. The smallest absolute Gasteiger partial charge is 0.337 e. The number of alkyl halides is 4. The molecular formula is C14H14Br2F3NO. The van der Waals surface area contributed by atoms with Gasteiger partial charge in [-0.3, -0.25) is 4.79 Å². The van der Waals surface area contributed by atoms with Crippen molar-refractivity contribution in [2.45, 2.75) is 24.3 Å². The Morgan fingerprint density at radius 1 is 1.38 bits per heavy atom. The highest BCUT2D eigenvalue weighted by Crippen LogP contribution is 2.33. The van der Waals surface area contributed by atoms with E-state index in [-0.39, 0.29) is 16.3 Å². The average molecular weight is 429 g/mol. The van der Waals surface area contributed by atoms with E-state index < -0.39 is 11.7 Å². The summed E-state index contributed by atoms with van der Waals surface area (Å²) in [4.78, 5) is 14.2. The first-order chi connectivity index (χ1) is 9.70. The maximum Gasteiger partial charge on any atom is 0.416 e. The van der Waals surface area contributed by atoms with Gasteiger partial charge in [-0.05, 0) is 46.5 Å². The first-order valence-corrected chi connectivity index (χ1v) is 8.21. The molecule has 1 aliphatic rings. The van der Waals surface area contributed by atoms with Crippen LogP contribution < -0.4 is 0 Å². The Labute approximate surface area is 137 Å². The summed E-state index contributed by atoms with van der Waals surface area (Å²) in [7, 11) is 0. The van der Waals surface area contributed by atoms with Gasteiger partial charge in [0, 0.05) is 22.4 Å². The molecule has 0 N–H and O–H groups in total. The van der Waals surface area contributed by atoms with Gasteiger partial charge in [-0.2, -0.15) is 13.2 Å². The van der Waals surface area contributed by atoms with Crippen LogP contribution in [0.3, 0.4) is 0 Å². The fraction of sp³-hybridized carbons (Fsp3) is 0.500. The predicted octanol–water partition coefficient (Wildman–Crippen LogP) is 4.71. The number of rotatable bonds is 1. The number of piperidine rings is 1. The lowest BCUT2D eigenvalue weighted by atomic mass is 9.98. The number of carbonyl (C=O) groups is 1. The Hall–Kier alpha value is -0.560. The van der Waals surface area contributed by atoms with E-state index in [9.17, 15) is 18.0 Å². The Morgan fingerprint density at radius 3 is 2.62 bits per heavy atom. The van der Waals surface area contributed by atoms with E-state index in [0.29, 0.717) is 23.5 Å². The molecule has 0 spiro atoms. The average Bonchev–Trinajstić information content (AvgIpc) is 2.40. The van der Waals surface area contributed by atoms with Crippen molar-refractivity contribution in [2.75, 3.05) is 13.1 Å². The molecule has 1 aromatic rings. The van der Waals surface area contributed by atoms with E-state index in [1.165, 1.54) is 6.07 Å². The van der Waals surface area contributed by atoms with Gasteiger partial charge in [0.15, 0.2) is 0 Å². The summed E-state index contributed by atoms with van der Waals surface area (Å²) in [6.07, 6.45) is -3.62. The van der Waals surface area contributed by atoms with Crippen LogP contribution in [0.5, 0.6) is 0 Å². The number of benzene rings is 1. The number of nitrogens with zero attached hydrogens (tertiary/aromatic N) is 1. The lowest BCUT2D eigenvalue weighted by Gasteiger charge is -2.34. The summed E-state index contributed by atoms with van der Waals surface area (Å²) in [6, 6.07) is 3.15. The van der Waals surface area contributed by atoms with Crippen LogP contribution >= 0.6 is 31.9 Å². The van der Waals surface area contributed by atoms with Crippen molar-refractivity contribution in [2.24, 2.45) is 5.92 Å². The lowest BCUT2D eigenvalue weighted by Crippen LogP contribution is -2.43. The summed E-state index contributed by atoms with van der Waals surface area (Å²) >= 11 is 6.68. The number of hydrogen-bond acceptors (Lipinski definition) is 1. The zero-order valence-electron chi connectivity index (χ0n) is 11.3. The van der Waals surface area contributed by atoms with Crippen LogP contribution in [0.2, 0.25) is 0 Å². The lowest BCUT2D eigenvalue weighted by molar-refractivity contribution is -0.137. The summed E-state index contributed by atoms with van der Waals surface area (Å²) in [5.41, 5.74) is -0.756. The quantitative estimate of drug-likeness (QED) is 0.593. The Balaban J connectivity index is 2.27. The van der Waals surface area contributed by atoms with Crippen LogP contribution in [0, 0.1) is 5.92 Å². The zero-order chi connectivity index (χ0) is 15.8. The summed E-state index contributed by atoms with van der Waals surface area (Å²) in [6.45, 7) is 3.15. The maximum atomic E-state index is 12.8. The third-order valence-corrected chi connectivity index (χ3v) is 5.56. The van der Waals surface area contributed by atoms with Gasteiger partial charge in [0.05, 0.1) is 11.1 Å². The van der Waals surface area contributed by atoms with E-state index in [1.807, 2.05) is 0 Å². The Bertz CT molecular complexity index is 548. The molecule has 1 heterocycles. The van der Waals surface area contributed by atoms with E-state index in [2.05, 4.69) is 38.8 Å². The number of hydrogen-bond donors (Lipinski definition) is 0. The van der Waals surface area contributed by atoms with Crippen molar-refractivity contribution in [3.05, 3.63) is 33.8 Å². The van der Waals surface area contributed by atoms with Gasteiger partial charge in [0.1, 0.15) is 0 Å². The van der Waals surface area contributed by atoms with Gasteiger partial charge in [0.25, 0.3) is 5.91 Å². The van der Waals surface area contributed by atoms with Gasteiger partial charge in [0.2, 0.25) is 0 Å². The Morgan fingerprint density at radius 2 is 2.05 bits per heavy atom. The maximum absolute atomic E-state index is 12.8. The second-order valence-corrected chi connectivity index (χ2v) is 7.26. The first-order valence-electron chi connectivity index (χ1n) is 6.50. The largest absolute Gasteiger partial charge is 0.416 e. The SMILES string of the molecule is CC1CCN(C(=O)c2cc(C(F)(F)F)ccc2Br)CC1Br. The minimum Gasteiger partial charge on any atom is -0.337 e. The van der Waals surface area contributed by atoms with Gasteiger partial charge < -0.3 is 4.90 Å². The molecule has 21 heavy (non-hydrogen) atoms. The minimum atomic E-state index is -4.45. The van der Waals surface area contributed by atoms with E-state index in [4.69, 9.17) is 0 Å². The first kappa shape index (κ1) is 16.8. The molecule has 1 aromatic carbocycles. The highest BCUT2D eigenvalue weighted by molar-refractivity contribution is 9.10. The number of carbonyl (C=O) groups excluding carboxylic acids is 1. The molecule has 0 saturated carbocycles. The predicted molar refractivity (Wildman–Crippen MR) is 81.5 cm³/mol. The van der Waals surface area contributed by atoms with Crippen molar-refractivity contribution in [1.29, 1.82) is 0 Å². The second kappa shape index (κ2) is 6.28. The third kappa shape index (κ3) is 3.80. The molecule has 2 atom stereocenters. The molecule has 2 rings (SSSR count). The summed E-state index contributed by atoms with van der Waals surface area (Å²) in [5.74, 6) is 0.0725. The highest BCUT2D eigenvalue weighted by atomic mass is 79.9. The van der Waals surface area contributed by atoms with Crippen molar-refractivity contribution in [3.63, 3.8) is 0 Å². The molecule has 0 radical (unpaired) electrons. The Kier molecular flexibility index (Phi) is 5.03. The van der Waals surface area contributed by atoms with Crippen LogP contribution in [0.4, 0.5) is 13.2 Å². The van der Waals surface area contributed by atoms with Gasteiger partial charge in [-0.25, -0.2) is 0 Å². The van der Waals surface area contributed by atoms with Crippen molar-refractivity contribution in [1.82, 2.24) is 4.90 Å². The van der Waals surface area contributed by atoms with Crippen LogP contribution in [-0.2, 0) is 6.18 Å². The van der Waals surface area contributed by atoms with Crippen LogP contribution in [0.25, 0.3) is 0 Å². The molecule has 0 aliphatic carbocycles. The van der Waals surface area contributed by atoms with E-state index in [1.54, 1.807) is 4.90 Å². The van der Waals surface area contributed by atoms with Gasteiger partial charge in [-0.15, -0.1) is 0 Å². The standard InChI is InChI=1S/C14H14Br2F3NO/c1-8-4-5-20(7-12(8)16)13(21)10-6-9(14(17,18)19)2-3-11(10)15/h2-3,6,8,12H,4-5,7H2,1H3. The van der Waals surface area contributed by atoms with Crippen LogP contribution in [-0.4, -0.2) is 28.7 Å². The van der Waals surface area contributed by atoms with Crippen molar-refractivity contribution in [3.8, 4) is 0 Å². The highest BCUT2D eigenvalue weighted by Gasteiger charge is 2.33. The molecule has 7 heteroatoms. The van der Waals surface area contributed by atoms with Crippen molar-refractivity contribution >= 4 is 37.8 Å².